The van der Waals surface area contributed by atoms with E-state index in [0.717, 1.165) is 11.1 Å². The average molecular weight is 410 g/mol. The van der Waals surface area contributed by atoms with Crippen molar-refractivity contribution in [2.45, 2.75) is 17.5 Å². The molecule has 0 aliphatic carbocycles. The summed E-state index contributed by atoms with van der Waals surface area (Å²) in [5.74, 6) is 0. The first-order valence-electron chi connectivity index (χ1n) is 7.78. The lowest BCUT2D eigenvalue weighted by Crippen LogP contribution is -2.39. The smallest absolute Gasteiger partial charge is 0.240 e. The fourth-order valence-electron chi connectivity index (χ4n) is 2.56. The van der Waals surface area contributed by atoms with Crippen LogP contribution in [0.15, 0.2) is 64.0 Å². The van der Waals surface area contributed by atoms with E-state index in [0.29, 0.717) is 15.6 Å². The van der Waals surface area contributed by atoms with Crippen molar-refractivity contribution < 1.29 is 8.42 Å². The molecule has 0 saturated carbocycles. The standard InChI is InChI=1S/C18H17Cl2N3O2S/c1-18(21)13(8-9-22-18)11-23-26(24,25)15-5-2-12(3-6-15)16-7-4-14(19)10-17(16)20/h2-10,23H,11,21H2,1H3. The molecule has 0 fully saturated rings. The third kappa shape index (κ3) is 4.00. The minimum absolute atomic E-state index is 0.0973. The second-order valence-electron chi connectivity index (χ2n) is 6.09. The SMILES string of the molecule is CC1(N)N=CC=C1CNS(=O)(=O)c1ccc(-c2ccc(Cl)cc2Cl)cc1. The quantitative estimate of drug-likeness (QED) is 0.790. The van der Waals surface area contributed by atoms with Crippen molar-refractivity contribution in [2.24, 2.45) is 10.7 Å². The zero-order valence-corrected chi connectivity index (χ0v) is 16.2. The fraction of sp³-hybridized carbons (Fsp3) is 0.167. The largest absolute Gasteiger partial charge is 0.304 e. The van der Waals surface area contributed by atoms with Crippen molar-refractivity contribution in [3.05, 3.63) is 64.2 Å². The van der Waals surface area contributed by atoms with E-state index in [-0.39, 0.29) is 11.4 Å². The van der Waals surface area contributed by atoms with Crippen molar-refractivity contribution in [3.63, 3.8) is 0 Å². The molecule has 1 heterocycles. The summed E-state index contributed by atoms with van der Waals surface area (Å²) in [5.41, 5.74) is 7.37. The summed E-state index contributed by atoms with van der Waals surface area (Å²) in [6.07, 6.45) is 3.29. The maximum atomic E-state index is 12.5. The van der Waals surface area contributed by atoms with Gasteiger partial charge in [-0.3, -0.25) is 4.99 Å². The molecule has 2 aromatic rings. The van der Waals surface area contributed by atoms with Gasteiger partial charge in [-0.1, -0.05) is 41.4 Å². The van der Waals surface area contributed by atoms with Crippen LogP contribution in [0.2, 0.25) is 10.0 Å². The molecule has 0 radical (unpaired) electrons. The zero-order chi connectivity index (χ0) is 18.9. The molecule has 0 amide bonds. The van der Waals surface area contributed by atoms with Gasteiger partial charge in [0.2, 0.25) is 10.0 Å². The molecule has 0 bridgehead atoms. The maximum absolute atomic E-state index is 12.5. The molecule has 1 aliphatic rings. The van der Waals surface area contributed by atoms with Gasteiger partial charge < -0.3 is 5.73 Å². The Labute approximate surface area is 162 Å². The van der Waals surface area contributed by atoms with Gasteiger partial charge in [-0.2, -0.15) is 0 Å². The van der Waals surface area contributed by atoms with Crippen molar-refractivity contribution in [2.75, 3.05) is 6.54 Å². The Morgan fingerprint density at radius 3 is 2.42 bits per heavy atom. The van der Waals surface area contributed by atoms with E-state index in [1.165, 1.54) is 12.1 Å². The Bertz CT molecular complexity index is 998. The molecule has 3 rings (SSSR count). The van der Waals surface area contributed by atoms with E-state index in [4.69, 9.17) is 28.9 Å². The van der Waals surface area contributed by atoms with Crippen LogP contribution in [-0.2, 0) is 10.0 Å². The van der Waals surface area contributed by atoms with Gasteiger partial charge in [0.25, 0.3) is 0 Å². The summed E-state index contributed by atoms with van der Waals surface area (Å²) in [7, 11) is -3.67. The normalized spacial score (nSPS) is 19.6. The van der Waals surface area contributed by atoms with E-state index in [1.54, 1.807) is 49.5 Å². The minimum Gasteiger partial charge on any atom is -0.304 e. The van der Waals surface area contributed by atoms with Crippen LogP contribution >= 0.6 is 23.2 Å². The Hall–Kier alpha value is -1.70. The highest BCUT2D eigenvalue weighted by molar-refractivity contribution is 7.89. The minimum atomic E-state index is -3.67. The maximum Gasteiger partial charge on any atom is 0.240 e. The molecule has 3 N–H and O–H groups in total. The molecule has 0 saturated heterocycles. The van der Waals surface area contributed by atoms with Crippen LogP contribution in [0.5, 0.6) is 0 Å². The van der Waals surface area contributed by atoms with Crippen molar-refractivity contribution in [3.8, 4) is 11.1 Å². The first kappa shape index (κ1) is 19.1. The first-order valence-corrected chi connectivity index (χ1v) is 10.0. The highest BCUT2D eigenvalue weighted by atomic mass is 35.5. The highest BCUT2D eigenvalue weighted by Gasteiger charge is 2.26. The average Bonchev–Trinajstić information content (AvgIpc) is 2.92. The third-order valence-corrected chi connectivity index (χ3v) is 6.09. The predicted molar refractivity (Wildman–Crippen MR) is 106 cm³/mol. The van der Waals surface area contributed by atoms with Gasteiger partial charge in [0.05, 0.1) is 4.90 Å². The number of halogens is 2. The number of allylic oxidation sites excluding steroid dienone is 1. The number of aliphatic imine (C=N–C) groups is 1. The lowest BCUT2D eigenvalue weighted by atomic mass is 10.1. The summed E-state index contributed by atoms with van der Waals surface area (Å²) >= 11 is 12.1. The lowest BCUT2D eigenvalue weighted by molar-refractivity contribution is 0.562. The van der Waals surface area contributed by atoms with Crippen LogP contribution in [0.4, 0.5) is 0 Å². The molecule has 0 aromatic heterocycles. The number of hydrogen-bond acceptors (Lipinski definition) is 4. The van der Waals surface area contributed by atoms with Crippen LogP contribution < -0.4 is 10.5 Å². The van der Waals surface area contributed by atoms with Crippen molar-refractivity contribution in [1.82, 2.24) is 4.72 Å². The van der Waals surface area contributed by atoms with E-state index in [1.807, 2.05) is 0 Å². The molecular formula is C18H17Cl2N3O2S. The topological polar surface area (TPSA) is 84.5 Å². The van der Waals surface area contributed by atoms with Crippen LogP contribution in [-0.4, -0.2) is 26.8 Å². The highest BCUT2D eigenvalue weighted by Crippen LogP contribution is 2.31. The van der Waals surface area contributed by atoms with Gasteiger partial charge in [-0.15, -0.1) is 0 Å². The van der Waals surface area contributed by atoms with Crippen molar-refractivity contribution in [1.29, 1.82) is 0 Å². The number of rotatable bonds is 5. The number of nitrogens with zero attached hydrogens (tertiary/aromatic N) is 1. The Balaban J connectivity index is 1.77. The molecule has 136 valence electrons. The molecule has 8 heteroatoms. The fourth-order valence-corrected chi connectivity index (χ4v) is 4.09. The van der Waals surface area contributed by atoms with Gasteiger partial charge in [-0.05, 0) is 48.4 Å². The Morgan fingerprint density at radius 1 is 1.15 bits per heavy atom. The Kier molecular flexibility index (Phi) is 5.23. The summed E-state index contributed by atoms with van der Waals surface area (Å²) in [5, 5.41) is 1.04. The van der Waals surface area contributed by atoms with Gasteiger partial charge >= 0.3 is 0 Å². The molecule has 26 heavy (non-hydrogen) atoms. The van der Waals surface area contributed by atoms with E-state index in [2.05, 4.69) is 9.71 Å². The van der Waals surface area contributed by atoms with Gasteiger partial charge in [0, 0.05) is 28.4 Å². The molecule has 0 spiro atoms. The molecule has 1 aliphatic heterocycles. The van der Waals surface area contributed by atoms with E-state index < -0.39 is 15.7 Å². The molecule has 1 atom stereocenters. The van der Waals surface area contributed by atoms with Crippen LogP contribution in [0, 0.1) is 0 Å². The lowest BCUT2D eigenvalue weighted by Gasteiger charge is -2.20. The van der Waals surface area contributed by atoms with Gasteiger partial charge in [-0.25, -0.2) is 13.1 Å². The van der Waals surface area contributed by atoms with E-state index in [9.17, 15) is 8.42 Å². The number of benzene rings is 2. The third-order valence-electron chi connectivity index (χ3n) is 4.13. The van der Waals surface area contributed by atoms with Gasteiger partial charge in [0.1, 0.15) is 5.66 Å². The summed E-state index contributed by atoms with van der Waals surface area (Å²) in [6, 6.07) is 11.6. The number of nitrogens with two attached hydrogens (primary N) is 1. The van der Waals surface area contributed by atoms with Crippen LogP contribution in [0.1, 0.15) is 6.92 Å². The predicted octanol–water partition coefficient (Wildman–Crippen LogP) is 3.62. The number of nitrogens with one attached hydrogen (secondary N) is 1. The monoisotopic (exact) mass is 409 g/mol. The summed E-state index contributed by atoms with van der Waals surface area (Å²) < 4.78 is 27.5. The van der Waals surface area contributed by atoms with Crippen molar-refractivity contribution >= 4 is 39.4 Å². The summed E-state index contributed by atoms with van der Waals surface area (Å²) in [6.45, 7) is 1.82. The number of hydrogen-bond donors (Lipinski definition) is 2. The van der Waals surface area contributed by atoms with E-state index >= 15 is 0 Å². The Morgan fingerprint density at radius 2 is 1.85 bits per heavy atom. The molecular weight excluding hydrogens is 393 g/mol. The van der Waals surface area contributed by atoms with Gasteiger partial charge in [0.15, 0.2) is 0 Å². The second kappa shape index (κ2) is 7.13. The second-order valence-corrected chi connectivity index (χ2v) is 8.70. The molecule has 1 unspecified atom stereocenters. The van der Waals surface area contributed by atoms with Crippen LogP contribution in [0.3, 0.4) is 0 Å². The molecule has 5 nitrogen and oxygen atoms in total. The summed E-state index contributed by atoms with van der Waals surface area (Å²) in [4.78, 5) is 4.24. The van der Waals surface area contributed by atoms with Crippen LogP contribution in [0.25, 0.3) is 11.1 Å². The zero-order valence-electron chi connectivity index (χ0n) is 13.9. The first-order chi connectivity index (χ1) is 12.2. The number of sulfonamides is 1. The molecule has 2 aromatic carbocycles.